The van der Waals surface area contributed by atoms with Crippen molar-refractivity contribution in [2.75, 3.05) is 11.3 Å². The van der Waals surface area contributed by atoms with Gasteiger partial charge in [-0.2, -0.15) is 0 Å². The Balaban J connectivity index is 2.16. The van der Waals surface area contributed by atoms with Gasteiger partial charge in [0.05, 0.1) is 16.5 Å². The smallest absolute Gasteiger partial charge is 0.290 e. The highest BCUT2D eigenvalue weighted by Crippen LogP contribution is 2.30. The van der Waals surface area contributed by atoms with E-state index < -0.39 is 36.1 Å². The predicted octanol–water partition coefficient (Wildman–Crippen LogP) is 4.26. The van der Waals surface area contributed by atoms with Crippen LogP contribution in [0.4, 0.5) is 17.1 Å². The van der Waals surface area contributed by atoms with E-state index in [0.717, 1.165) is 37.8 Å². The first kappa shape index (κ1) is 22.1. The number of anilines is 1. The Kier molecular flexibility index (Phi) is 7.48. The maximum Gasteiger partial charge on any atom is 0.290 e. The lowest BCUT2D eigenvalue weighted by molar-refractivity contribution is -0.391. The first-order valence-electron chi connectivity index (χ1n) is 8.93. The summed E-state index contributed by atoms with van der Waals surface area (Å²) < 4.78 is 32.9. The minimum atomic E-state index is -4.42. The Morgan fingerprint density at radius 3 is 2.24 bits per heavy atom. The Morgan fingerprint density at radius 1 is 0.966 bits per heavy atom. The van der Waals surface area contributed by atoms with Crippen LogP contribution in [0.5, 0.6) is 5.75 Å². The molecular weight excluding hydrogens is 402 g/mol. The van der Waals surface area contributed by atoms with Gasteiger partial charge in [0.2, 0.25) is 0 Å². The van der Waals surface area contributed by atoms with Crippen LogP contribution in [0, 0.1) is 20.2 Å². The molecule has 11 heteroatoms. The number of non-ortho nitro benzene ring substituents is 1. The van der Waals surface area contributed by atoms with E-state index in [4.69, 9.17) is 4.74 Å². The number of sulfonamides is 1. The third kappa shape index (κ3) is 6.14. The van der Waals surface area contributed by atoms with Gasteiger partial charge >= 0.3 is 0 Å². The number of hydrogen-bond acceptors (Lipinski definition) is 7. The molecule has 0 spiro atoms. The second kappa shape index (κ2) is 9.82. The quantitative estimate of drug-likeness (QED) is 0.323. The van der Waals surface area contributed by atoms with Gasteiger partial charge in [0.1, 0.15) is 5.75 Å². The van der Waals surface area contributed by atoms with Crippen molar-refractivity contribution in [3.8, 4) is 5.75 Å². The number of unbranched alkanes of at least 4 members (excludes halogenated alkanes) is 3. The van der Waals surface area contributed by atoms with E-state index in [1.54, 1.807) is 12.1 Å². The molecule has 0 saturated carbocycles. The zero-order valence-corrected chi connectivity index (χ0v) is 16.6. The largest absolute Gasteiger partial charge is 0.494 e. The molecule has 10 nitrogen and oxygen atoms in total. The van der Waals surface area contributed by atoms with Crippen molar-refractivity contribution in [3.63, 3.8) is 0 Å². The number of rotatable bonds is 11. The zero-order valence-electron chi connectivity index (χ0n) is 15.7. The van der Waals surface area contributed by atoms with Gasteiger partial charge in [0, 0.05) is 23.9 Å². The van der Waals surface area contributed by atoms with Crippen LogP contribution in [0.15, 0.2) is 47.4 Å². The molecule has 0 atom stereocenters. The molecule has 2 aromatic carbocycles. The van der Waals surface area contributed by atoms with Crippen LogP contribution in [0.3, 0.4) is 0 Å². The molecule has 0 amide bonds. The molecule has 0 heterocycles. The van der Waals surface area contributed by atoms with Crippen LogP contribution in [-0.2, 0) is 10.0 Å². The topological polar surface area (TPSA) is 142 Å². The molecule has 2 rings (SSSR count). The number of ether oxygens (including phenoxy) is 1. The second-order valence-electron chi connectivity index (χ2n) is 6.21. The van der Waals surface area contributed by atoms with Gasteiger partial charge in [-0.25, -0.2) is 8.42 Å². The van der Waals surface area contributed by atoms with E-state index >= 15 is 0 Å². The molecule has 0 unspecified atom stereocenters. The van der Waals surface area contributed by atoms with E-state index in [1.807, 2.05) is 0 Å². The van der Waals surface area contributed by atoms with Crippen LogP contribution in [0.2, 0.25) is 0 Å². The third-order valence-electron chi connectivity index (χ3n) is 4.01. The molecule has 0 aliphatic heterocycles. The van der Waals surface area contributed by atoms with Crippen molar-refractivity contribution in [1.29, 1.82) is 0 Å². The van der Waals surface area contributed by atoms with E-state index in [0.29, 0.717) is 18.4 Å². The number of nitrogens with zero attached hydrogens (tertiary/aromatic N) is 2. The molecule has 0 aliphatic rings. The average molecular weight is 423 g/mol. The molecule has 156 valence electrons. The number of nitro groups is 2. The lowest BCUT2D eigenvalue weighted by atomic mass is 10.2. The van der Waals surface area contributed by atoms with Gasteiger partial charge in [-0.05, 0) is 30.7 Å². The van der Waals surface area contributed by atoms with Gasteiger partial charge in [-0.1, -0.05) is 26.2 Å². The Morgan fingerprint density at radius 2 is 1.66 bits per heavy atom. The summed E-state index contributed by atoms with van der Waals surface area (Å²) in [7, 11) is -4.42. The van der Waals surface area contributed by atoms with Crippen molar-refractivity contribution in [2.45, 2.75) is 37.5 Å². The maximum atomic E-state index is 12.6. The van der Waals surface area contributed by atoms with Gasteiger partial charge in [-0.15, -0.1) is 0 Å². The zero-order chi connectivity index (χ0) is 21.4. The van der Waals surface area contributed by atoms with Gasteiger partial charge < -0.3 is 4.74 Å². The average Bonchev–Trinajstić information content (AvgIpc) is 2.68. The van der Waals surface area contributed by atoms with Crippen molar-refractivity contribution in [2.24, 2.45) is 0 Å². The van der Waals surface area contributed by atoms with E-state index in [1.165, 1.54) is 12.1 Å². The summed E-state index contributed by atoms with van der Waals surface area (Å²) in [4.78, 5) is 19.5. The van der Waals surface area contributed by atoms with Crippen LogP contribution >= 0.6 is 0 Å². The van der Waals surface area contributed by atoms with Crippen LogP contribution in [0.25, 0.3) is 0 Å². The molecule has 0 saturated heterocycles. The van der Waals surface area contributed by atoms with Crippen molar-refractivity contribution < 1.29 is 23.0 Å². The van der Waals surface area contributed by atoms with Crippen LogP contribution < -0.4 is 9.46 Å². The lowest BCUT2D eigenvalue weighted by Crippen LogP contribution is -2.15. The van der Waals surface area contributed by atoms with Crippen molar-refractivity contribution >= 4 is 27.1 Å². The molecule has 2 aromatic rings. The monoisotopic (exact) mass is 423 g/mol. The fourth-order valence-electron chi connectivity index (χ4n) is 2.53. The predicted molar refractivity (Wildman–Crippen MR) is 107 cm³/mol. The van der Waals surface area contributed by atoms with Crippen LogP contribution in [-0.4, -0.2) is 24.9 Å². The number of benzene rings is 2. The maximum absolute atomic E-state index is 12.6. The number of nitro benzene ring substituents is 2. The first-order chi connectivity index (χ1) is 13.7. The minimum absolute atomic E-state index is 0.143. The summed E-state index contributed by atoms with van der Waals surface area (Å²) >= 11 is 0. The standard InChI is InChI=1S/C18H21N3O7S/c1-2-3-4-5-12-28-16-9-6-14(7-10-16)19-29(26,27)18-13-15(20(22)23)8-11-17(18)21(24)25/h6-11,13,19H,2-5,12H2,1H3. The molecular formula is C18H21N3O7S. The van der Waals surface area contributed by atoms with E-state index in [9.17, 15) is 28.6 Å². The molecule has 0 bridgehead atoms. The van der Waals surface area contributed by atoms with Gasteiger partial charge in [0.15, 0.2) is 4.90 Å². The highest BCUT2D eigenvalue weighted by Gasteiger charge is 2.28. The van der Waals surface area contributed by atoms with Gasteiger partial charge in [-0.3, -0.25) is 25.0 Å². The highest BCUT2D eigenvalue weighted by atomic mass is 32.2. The third-order valence-corrected chi connectivity index (χ3v) is 5.42. The molecule has 1 N–H and O–H groups in total. The molecule has 29 heavy (non-hydrogen) atoms. The number of hydrogen-bond donors (Lipinski definition) is 1. The summed E-state index contributed by atoms with van der Waals surface area (Å²) in [6.07, 6.45) is 4.24. The first-order valence-corrected chi connectivity index (χ1v) is 10.4. The van der Waals surface area contributed by atoms with Crippen molar-refractivity contribution in [1.82, 2.24) is 0 Å². The Labute approximate surface area is 167 Å². The molecule has 0 aromatic heterocycles. The molecule has 0 aliphatic carbocycles. The normalized spacial score (nSPS) is 11.1. The van der Waals surface area contributed by atoms with E-state index in [2.05, 4.69) is 11.6 Å². The molecule has 0 radical (unpaired) electrons. The summed E-state index contributed by atoms with van der Waals surface area (Å²) in [5, 5.41) is 22.0. The molecule has 0 fully saturated rings. The summed E-state index contributed by atoms with van der Waals surface area (Å²) in [5.74, 6) is 0.561. The summed E-state index contributed by atoms with van der Waals surface area (Å²) in [6, 6.07) is 8.36. The van der Waals surface area contributed by atoms with Crippen LogP contribution in [0.1, 0.15) is 32.6 Å². The summed E-state index contributed by atoms with van der Waals surface area (Å²) in [5.41, 5.74) is -1.18. The SMILES string of the molecule is CCCCCCOc1ccc(NS(=O)(=O)c2cc([N+](=O)[O-])ccc2[N+](=O)[O-])cc1. The second-order valence-corrected chi connectivity index (χ2v) is 7.86. The Hall–Kier alpha value is -3.21. The van der Waals surface area contributed by atoms with Gasteiger partial charge in [0.25, 0.3) is 21.4 Å². The minimum Gasteiger partial charge on any atom is -0.494 e. The Bertz CT molecular complexity index is 975. The summed E-state index contributed by atoms with van der Waals surface area (Å²) in [6.45, 7) is 2.66. The van der Waals surface area contributed by atoms with E-state index in [-0.39, 0.29) is 5.69 Å². The highest BCUT2D eigenvalue weighted by molar-refractivity contribution is 7.92. The van der Waals surface area contributed by atoms with Crippen molar-refractivity contribution in [3.05, 3.63) is 62.7 Å². The fourth-order valence-corrected chi connectivity index (χ4v) is 3.78. The lowest BCUT2D eigenvalue weighted by Gasteiger charge is -2.10. The number of nitrogens with one attached hydrogen (secondary N) is 1. The fraction of sp³-hybridized carbons (Fsp3) is 0.333.